The molecule has 2 N–H and O–H groups in total. The van der Waals surface area contributed by atoms with Crippen LogP contribution in [0.2, 0.25) is 0 Å². The van der Waals surface area contributed by atoms with Crippen molar-refractivity contribution in [1.29, 1.82) is 0 Å². The van der Waals surface area contributed by atoms with Gasteiger partial charge in [0.1, 0.15) is 0 Å². The molecule has 0 aromatic carbocycles. The Kier molecular flexibility index (Phi) is 6.30. The molecule has 4 heteroatoms. The van der Waals surface area contributed by atoms with Crippen LogP contribution in [0.25, 0.3) is 0 Å². The fraction of sp³-hybridized carbons (Fsp3) is 0.812. The molecule has 0 aliphatic heterocycles. The molecule has 0 fully saturated rings. The van der Waals surface area contributed by atoms with Crippen LogP contribution in [0.1, 0.15) is 62.9 Å². The normalized spacial score (nSPS) is 18.4. The maximum Gasteiger partial charge on any atom is 0.180 e. The first-order valence-corrected chi connectivity index (χ1v) is 9.04. The molecule has 20 heavy (non-hydrogen) atoms. The number of nitrogen functional groups attached to an aromatic ring is 1. The van der Waals surface area contributed by atoms with Crippen LogP contribution in [-0.2, 0) is 12.8 Å². The van der Waals surface area contributed by atoms with Crippen molar-refractivity contribution >= 4 is 16.5 Å². The highest BCUT2D eigenvalue weighted by Crippen LogP contribution is 2.30. The minimum atomic E-state index is 0.712. The van der Waals surface area contributed by atoms with Crippen LogP contribution in [-0.4, -0.2) is 29.0 Å². The standard InChI is InChI=1S/C16H29N3S/c1-3-5-6-7-11-19(10-4-2)13-8-9-14-15(12-13)20-16(17)18-14/h13H,3-12H2,1-2H3,(H2,17,18)/t13-/m0/s1. The van der Waals surface area contributed by atoms with E-state index in [-0.39, 0.29) is 0 Å². The molecular formula is C16H29N3S. The summed E-state index contributed by atoms with van der Waals surface area (Å²) in [4.78, 5) is 8.61. The van der Waals surface area contributed by atoms with Gasteiger partial charge < -0.3 is 10.6 Å². The van der Waals surface area contributed by atoms with E-state index in [4.69, 9.17) is 5.73 Å². The van der Waals surface area contributed by atoms with Crippen LogP contribution >= 0.6 is 11.3 Å². The van der Waals surface area contributed by atoms with Gasteiger partial charge in [0.25, 0.3) is 0 Å². The van der Waals surface area contributed by atoms with Gasteiger partial charge in [0, 0.05) is 10.9 Å². The van der Waals surface area contributed by atoms with Gasteiger partial charge in [-0.2, -0.15) is 0 Å². The molecular weight excluding hydrogens is 266 g/mol. The fourth-order valence-electron chi connectivity index (χ4n) is 3.20. The van der Waals surface area contributed by atoms with Gasteiger partial charge in [0.05, 0.1) is 5.69 Å². The van der Waals surface area contributed by atoms with E-state index in [0.29, 0.717) is 6.04 Å². The van der Waals surface area contributed by atoms with Gasteiger partial charge in [0.15, 0.2) is 5.13 Å². The van der Waals surface area contributed by atoms with Gasteiger partial charge in [-0.1, -0.05) is 33.1 Å². The molecule has 0 spiro atoms. The second-order valence-corrected chi connectivity index (χ2v) is 7.03. The Labute approximate surface area is 127 Å². The first-order valence-electron chi connectivity index (χ1n) is 8.22. The largest absolute Gasteiger partial charge is 0.375 e. The summed E-state index contributed by atoms with van der Waals surface area (Å²) in [5, 5.41) is 0.751. The molecule has 1 heterocycles. The number of unbranched alkanes of at least 4 members (excludes halogenated alkanes) is 3. The van der Waals surface area contributed by atoms with E-state index in [1.807, 2.05) is 0 Å². The highest BCUT2D eigenvalue weighted by molar-refractivity contribution is 7.15. The summed E-state index contributed by atoms with van der Waals surface area (Å²) >= 11 is 1.70. The number of fused-ring (bicyclic) bond motifs is 1. The topological polar surface area (TPSA) is 42.2 Å². The molecule has 0 unspecified atom stereocenters. The number of aryl methyl sites for hydroxylation is 1. The molecule has 1 aromatic heterocycles. The molecule has 2 rings (SSSR count). The number of anilines is 1. The first kappa shape index (κ1) is 15.8. The van der Waals surface area contributed by atoms with Crippen molar-refractivity contribution in [2.45, 2.75) is 71.3 Å². The third kappa shape index (κ3) is 4.19. The van der Waals surface area contributed by atoms with Crippen LogP contribution in [0.5, 0.6) is 0 Å². The minimum absolute atomic E-state index is 0.712. The Morgan fingerprint density at radius 2 is 2.05 bits per heavy atom. The van der Waals surface area contributed by atoms with Crippen molar-refractivity contribution in [2.75, 3.05) is 18.8 Å². The minimum Gasteiger partial charge on any atom is -0.375 e. The average Bonchev–Trinajstić information content (AvgIpc) is 2.81. The van der Waals surface area contributed by atoms with Crippen LogP contribution in [0.4, 0.5) is 5.13 Å². The number of nitrogens with two attached hydrogens (primary N) is 1. The molecule has 0 saturated carbocycles. The SMILES string of the molecule is CCCCCCN(CCC)[C@H]1CCc2nc(N)sc2C1. The summed E-state index contributed by atoms with van der Waals surface area (Å²) in [5.74, 6) is 0. The van der Waals surface area contributed by atoms with Crippen molar-refractivity contribution in [3.8, 4) is 0 Å². The van der Waals surface area contributed by atoms with Crippen molar-refractivity contribution in [2.24, 2.45) is 0 Å². The average molecular weight is 295 g/mol. The van der Waals surface area contributed by atoms with Crippen molar-refractivity contribution < 1.29 is 0 Å². The Morgan fingerprint density at radius 3 is 2.80 bits per heavy atom. The Bertz CT molecular complexity index is 402. The van der Waals surface area contributed by atoms with E-state index in [2.05, 4.69) is 23.7 Å². The van der Waals surface area contributed by atoms with E-state index in [1.54, 1.807) is 11.3 Å². The van der Waals surface area contributed by atoms with E-state index in [0.717, 1.165) is 18.0 Å². The van der Waals surface area contributed by atoms with E-state index >= 15 is 0 Å². The number of aromatic nitrogens is 1. The smallest absolute Gasteiger partial charge is 0.180 e. The molecule has 1 aliphatic carbocycles. The van der Waals surface area contributed by atoms with Crippen molar-refractivity contribution in [3.05, 3.63) is 10.6 Å². The van der Waals surface area contributed by atoms with Crippen LogP contribution in [0, 0.1) is 0 Å². The lowest BCUT2D eigenvalue weighted by Crippen LogP contribution is -2.40. The number of hydrogen-bond acceptors (Lipinski definition) is 4. The lowest BCUT2D eigenvalue weighted by Gasteiger charge is -2.33. The zero-order chi connectivity index (χ0) is 14.4. The van der Waals surface area contributed by atoms with Crippen LogP contribution in [0.15, 0.2) is 0 Å². The molecule has 0 amide bonds. The quantitative estimate of drug-likeness (QED) is 0.740. The van der Waals surface area contributed by atoms with Gasteiger partial charge in [-0.25, -0.2) is 4.98 Å². The van der Waals surface area contributed by atoms with Crippen molar-refractivity contribution in [3.63, 3.8) is 0 Å². The van der Waals surface area contributed by atoms with Crippen LogP contribution < -0.4 is 5.73 Å². The molecule has 0 bridgehead atoms. The molecule has 1 aliphatic rings. The predicted octanol–water partition coefficient (Wildman–Crippen LogP) is 3.87. The Morgan fingerprint density at radius 1 is 1.20 bits per heavy atom. The van der Waals surface area contributed by atoms with E-state index < -0.39 is 0 Å². The van der Waals surface area contributed by atoms with Crippen LogP contribution in [0.3, 0.4) is 0 Å². The van der Waals surface area contributed by atoms with E-state index in [1.165, 1.54) is 62.2 Å². The van der Waals surface area contributed by atoms with E-state index in [9.17, 15) is 0 Å². The summed E-state index contributed by atoms with van der Waals surface area (Å²) in [5.41, 5.74) is 7.12. The summed E-state index contributed by atoms with van der Waals surface area (Å²) in [6.45, 7) is 7.07. The highest BCUT2D eigenvalue weighted by Gasteiger charge is 2.26. The summed E-state index contributed by atoms with van der Waals surface area (Å²) in [6.07, 6.45) is 10.2. The number of nitrogens with zero attached hydrogens (tertiary/aromatic N) is 2. The van der Waals surface area contributed by atoms with Gasteiger partial charge in [0.2, 0.25) is 0 Å². The maximum atomic E-state index is 5.85. The Hall–Kier alpha value is -0.610. The lowest BCUT2D eigenvalue weighted by molar-refractivity contribution is 0.176. The molecule has 1 atom stereocenters. The lowest BCUT2D eigenvalue weighted by atomic mass is 9.95. The molecule has 0 saturated heterocycles. The second kappa shape index (κ2) is 7.99. The second-order valence-electron chi connectivity index (χ2n) is 5.92. The predicted molar refractivity (Wildman–Crippen MR) is 88.3 cm³/mol. The monoisotopic (exact) mass is 295 g/mol. The zero-order valence-corrected chi connectivity index (χ0v) is 13.8. The molecule has 1 aromatic rings. The molecule has 0 radical (unpaired) electrons. The maximum absolute atomic E-state index is 5.85. The zero-order valence-electron chi connectivity index (χ0n) is 13.0. The number of rotatable bonds is 8. The molecule has 3 nitrogen and oxygen atoms in total. The van der Waals surface area contributed by atoms with Gasteiger partial charge in [-0.3, -0.25) is 0 Å². The summed E-state index contributed by atoms with van der Waals surface area (Å²) in [7, 11) is 0. The Balaban J connectivity index is 1.89. The number of thiazole rings is 1. The van der Waals surface area contributed by atoms with Gasteiger partial charge >= 0.3 is 0 Å². The third-order valence-electron chi connectivity index (χ3n) is 4.26. The number of hydrogen-bond donors (Lipinski definition) is 1. The summed E-state index contributed by atoms with van der Waals surface area (Å²) in [6, 6.07) is 0.712. The van der Waals surface area contributed by atoms with Crippen molar-refractivity contribution in [1.82, 2.24) is 9.88 Å². The highest BCUT2D eigenvalue weighted by atomic mass is 32.1. The van der Waals surface area contributed by atoms with Gasteiger partial charge in [-0.15, -0.1) is 11.3 Å². The molecule has 114 valence electrons. The summed E-state index contributed by atoms with van der Waals surface area (Å²) < 4.78 is 0. The fourth-order valence-corrected chi connectivity index (χ4v) is 4.14. The van der Waals surface area contributed by atoms with Gasteiger partial charge in [-0.05, 0) is 45.2 Å². The first-order chi connectivity index (χ1) is 9.74. The third-order valence-corrected chi connectivity index (χ3v) is 5.21.